The standard InChI is InChI=1S/3Li.2H2S.3H/h;;;2*1H2;;;. The van der Waals surface area contributed by atoms with Crippen molar-refractivity contribution in [2.45, 2.75) is 0 Å². The van der Waals surface area contributed by atoms with E-state index in [1.165, 1.54) is 0 Å². The summed E-state index contributed by atoms with van der Waals surface area (Å²) in [5.41, 5.74) is 0. The van der Waals surface area contributed by atoms with Crippen LogP contribution in [0.25, 0.3) is 0 Å². The molecule has 0 aliphatic heterocycles. The van der Waals surface area contributed by atoms with E-state index in [1.807, 2.05) is 0 Å². The molecule has 0 nitrogen and oxygen atoms in total. The fourth-order valence-corrected chi connectivity index (χ4v) is 0. The Hall–Kier alpha value is 2.49. The van der Waals surface area contributed by atoms with E-state index >= 15 is 0 Å². The zero-order chi connectivity index (χ0) is 0. The Labute approximate surface area is 82.6 Å². The van der Waals surface area contributed by atoms with E-state index in [0.717, 1.165) is 0 Å². The molecule has 5 heavy (non-hydrogen) atoms. The van der Waals surface area contributed by atoms with Crippen molar-refractivity contribution in [2.24, 2.45) is 0 Å². The van der Waals surface area contributed by atoms with Gasteiger partial charge in [0.25, 0.3) is 0 Å². The van der Waals surface area contributed by atoms with Crippen LogP contribution in [0.1, 0.15) is 0 Å². The van der Waals surface area contributed by atoms with Gasteiger partial charge < -0.3 is 0 Å². The molecule has 0 amide bonds. The van der Waals surface area contributed by atoms with Crippen molar-refractivity contribution in [1.29, 1.82) is 0 Å². The van der Waals surface area contributed by atoms with Crippen molar-refractivity contribution >= 4 is 83.6 Å². The van der Waals surface area contributed by atoms with E-state index in [-0.39, 0.29) is 83.6 Å². The summed E-state index contributed by atoms with van der Waals surface area (Å²) >= 11 is 0. The van der Waals surface area contributed by atoms with Gasteiger partial charge in [0.1, 0.15) is 0 Å². The average Bonchev–Trinajstić information content (AvgIpc) is 0. The van der Waals surface area contributed by atoms with Crippen LogP contribution in [-0.4, -0.2) is 56.6 Å². The third-order valence-electron chi connectivity index (χ3n) is 0. The molecule has 0 radical (unpaired) electrons. The summed E-state index contributed by atoms with van der Waals surface area (Å²) < 4.78 is 0. The molecule has 0 N–H and O–H groups in total. The van der Waals surface area contributed by atoms with Crippen LogP contribution >= 0.6 is 27.0 Å². The fraction of sp³-hybridized carbons (Fsp3) is 0. The summed E-state index contributed by atoms with van der Waals surface area (Å²) in [6, 6.07) is 0. The second kappa shape index (κ2) is 31.5. The first kappa shape index (κ1) is 50.8. The maximum atomic E-state index is 0. The molecule has 0 saturated carbocycles. The third-order valence-corrected chi connectivity index (χ3v) is 0. The van der Waals surface area contributed by atoms with E-state index < -0.39 is 0 Å². The molecule has 0 spiro atoms. The molecule has 0 aromatic heterocycles. The summed E-state index contributed by atoms with van der Waals surface area (Å²) in [5, 5.41) is 0. The third kappa shape index (κ3) is 21.1. The van der Waals surface area contributed by atoms with E-state index in [1.54, 1.807) is 0 Å². The van der Waals surface area contributed by atoms with Gasteiger partial charge in [0.05, 0.1) is 0 Å². The predicted octanol–water partition coefficient (Wildman–Crippen LogP) is -1.72. The van der Waals surface area contributed by atoms with Crippen LogP contribution in [0.5, 0.6) is 0 Å². The van der Waals surface area contributed by atoms with E-state index in [9.17, 15) is 0 Å². The first-order valence-electron chi connectivity index (χ1n) is 0. The molecule has 0 aromatic rings. The predicted molar refractivity (Wildman–Crippen MR) is 42.2 cm³/mol. The van der Waals surface area contributed by atoms with Crippen molar-refractivity contribution < 1.29 is 0 Å². The Kier molecular flexibility index (Phi) is 321. The van der Waals surface area contributed by atoms with Crippen LogP contribution < -0.4 is 0 Å². The first-order valence-corrected chi connectivity index (χ1v) is 0. The summed E-state index contributed by atoms with van der Waals surface area (Å²) in [6.45, 7) is 0. The topological polar surface area (TPSA) is 0 Å². The Morgan fingerprint density at radius 2 is 0.400 bits per heavy atom. The Morgan fingerprint density at radius 3 is 0.400 bits per heavy atom. The maximum absolute atomic E-state index is 0. The molecule has 0 rings (SSSR count). The normalized spacial score (nSPS) is 0. The molecule has 0 saturated heterocycles. The minimum atomic E-state index is 0. The van der Waals surface area contributed by atoms with Gasteiger partial charge in [0.2, 0.25) is 0 Å². The van der Waals surface area contributed by atoms with Crippen molar-refractivity contribution in [1.82, 2.24) is 0 Å². The van der Waals surface area contributed by atoms with E-state index in [0.29, 0.717) is 0 Å². The van der Waals surface area contributed by atoms with Gasteiger partial charge in [0, 0.05) is 0 Å². The van der Waals surface area contributed by atoms with Gasteiger partial charge in [-0.2, -0.15) is 27.0 Å². The zero-order valence-electron chi connectivity index (χ0n) is 1.00. The van der Waals surface area contributed by atoms with Gasteiger partial charge in [-0.05, 0) is 0 Å². The van der Waals surface area contributed by atoms with Crippen LogP contribution in [0.2, 0.25) is 0 Å². The van der Waals surface area contributed by atoms with Crippen molar-refractivity contribution in [2.75, 3.05) is 0 Å². The molecule has 0 unspecified atom stereocenters. The van der Waals surface area contributed by atoms with Gasteiger partial charge in [-0.25, -0.2) is 0 Å². The molecule has 0 aliphatic carbocycles. The number of hydrogen-bond acceptors (Lipinski definition) is 0. The second-order valence-electron chi connectivity index (χ2n) is 0. The SMILES string of the molecule is S.S.[LiH].[LiH].[LiH]. The van der Waals surface area contributed by atoms with E-state index in [4.69, 9.17) is 0 Å². The summed E-state index contributed by atoms with van der Waals surface area (Å²) in [5.74, 6) is 0. The first-order chi connectivity index (χ1) is 0. The van der Waals surface area contributed by atoms with Gasteiger partial charge >= 0.3 is 56.6 Å². The second-order valence-corrected chi connectivity index (χ2v) is 0. The van der Waals surface area contributed by atoms with Crippen molar-refractivity contribution in [3.8, 4) is 0 Å². The van der Waals surface area contributed by atoms with Gasteiger partial charge in [-0.1, -0.05) is 0 Å². The molecule has 0 aromatic carbocycles. The zero-order valence-corrected chi connectivity index (χ0v) is 3.00. The molecule has 0 atom stereocenters. The molecule has 0 aliphatic rings. The van der Waals surface area contributed by atoms with Gasteiger partial charge in [0.15, 0.2) is 0 Å². The summed E-state index contributed by atoms with van der Waals surface area (Å²) in [7, 11) is 0. The van der Waals surface area contributed by atoms with Crippen LogP contribution in [0.4, 0.5) is 0 Å². The van der Waals surface area contributed by atoms with Crippen LogP contribution in [0.3, 0.4) is 0 Å². The molecular weight excluding hydrogens is 85.0 g/mol. The summed E-state index contributed by atoms with van der Waals surface area (Å²) in [4.78, 5) is 0. The number of rotatable bonds is 0. The Bertz CT molecular complexity index is 4.85. The molecular formula is H7Li3S2. The minimum absolute atomic E-state index is 0. The van der Waals surface area contributed by atoms with Crippen molar-refractivity contribution in [3.63, 3.8) is 0 Å². The van der Waals surface area contributed by atoms with Crippen molar-refractivity contribution in [3.05, 3.63) is 0 Å². The van der Waals surface area contributed by atoms with Crippen LogP contribution in [0.15, 0.2) is 0 Å². The quantitative estimate of drug-likeness (QED) is 0.312. The fourth-order valence-electron chi connectivity index (χ4n) is 0. The number of hydrogen-bond donors (Lipinski definition) is 0. The molecule has 0 fully saturated rings. The average molecular weight is 92.0 g/mol. The summed E-state index contributed by atoms with van der Waals surface area (Å²) in [6.07, 6.45) is 0. The van der Waals surface area contributed by atoms with E-state index in [2.05, 4.69) is 0 Å². The molecule has 0 heterocycles. The molecule has 22 valence electrons. The van der Waals surface area contributed by atoms with Gasteiger partial charge in [-0.3, -0.25) is 0 Å². The molecule has 5 heteroatoms. The van der Waals surface area contributed by atoms with Gasteiger partial charge in [-0.15, -0.1) is 0 Å². The van der Waals surface area contributed by atoms with Crippen LogP contribution in [-0.2, 0) is 0 Å². The molecule has 0 bridgehead atoms. The monoisotopic (exact) mass is 92.0 g/mol. The Balaban J connectivity index is 0. The Morgan fingerprint density at radius 1 is 0.400 bits per heavy atom. The van der Waals surface area contributed by atoms with Crippen LogP contribution in [0, 0.1) is 0 Å².